The first kappa shape index (κ1) is 11.0. The van der Waals surface area contributed by atoms with E-state index in [2.05, 4.69) is 24.6 Å². The number of phenols is 1. The lowest BCUT2D eigenvalue weighted by Gasteiger charge is -2.06. The second-order valence-electron chi connectivity index (χ2n) is 4.21. The Bertz CT molecular complexity index is 502. The molecule has 0 fully saturated rings. The zero-order valence-corrected chi connectivity index (χ0v) is 9.77. The molecule has 0 radical (unpaired) electrons. The lowest BCUT2D eigenvalue weighted by Crippen LogP contribution is -2.08. The van der Waals surface area contributed by atoms with E-state index >= 15 is 0 Å². The van der Waals surface area contributed by atoms with Gasteiger partial charge in [-0.3, -0.25) is 0 Å². The fraction of sp³-hybridized carbons (Fsp3) is 0.385. The molecule has 0 aliphatic carbocycles. The highest BCUT2D eigenvalue weighted by Crippen LogP contribution is 2.29. The first-order valence-corrected chi connectivity index (χ1v) is 5.69. The maximum absolute atomic E-state index is 9.55. The van der Waals surface area contributed by atoms with Crippen LogP contribution in [0.1, 0.15) is 25.3 Å². The molecule has 1 heterocycles. The van der Waals surface area contributed by atoms with E-state index in [9.17, 15) is 5.11 Å². The molecule has 0 spiro atoms. The summed E-state index contributed by atoms with van der Waals surface area (Å²) < 4.78 is 2.19. The van der Waals surface area contributed by atoms with Gasteiger partial charge in [0.25, 0.3) is 0 Å². The summed E-state index contributed by atoms with van der Waals surface area (Å²) in [5.74, 6) is 0.629. The molecule has 3 N–H and O–H groups in total. The second kappa shape index (κ2) is 4.18. The third-order valence-corrected chi connectivity index (χ3v) is 3.12. The van der Waals surface area contributed by atoms with Gasteiger partial charge in [0, 0.05) is 23.6 Å². The van der Waals surface area contributed by atoms with Crippen molar-refractivity contribution in [3.8, 4) is 5.75 Å². The highest BCUT2D eigenvalue weighted by molar-refractivity contribution is 5.85. The lowest BCUT2D eigenvalue weighted by atomic mass is 10.0. The molecule has 3 heteroatoms. The Morgan fingerprint density at radius 1 is 1.44 bits per heavy atom. The van der Waals surface area contributed by atoms with Gasteiger partial charge in [-0.2, -0.15) is 0 Å². The summed E-state index contributed by atoms with van der Waals surface area (Å²) in [7, 11) is 0. The first-order valence-electron chi connectivity index (χ1n) is 5.69. The molecule has 1 unspecified atom stereocenters. The molecule has 0 aliphatic heterocycles. The molecule has 0 aliphatic rings. The summed E-state index contributed by atoms with van der Waals surface area (Å²) >= 11 is 0. The van der Waals surface area contributed by atoms with Gasteiger partial charge in [0.1, 0.15) is 5.75 Å². The second-order valence-corrected chi connectivity index (χ2v) is 4.21. The number of nitrogens with two attached hydrogens (primary N) is 1. The number of fused-ring (bicyclic) bond motifs is 1. The predicted molar refractivity (Wildman–Crippen MR) is 66.7 cm³/mol. The lowest BCUT2D eigenvalue weighted by molar-refractivity contribution is 0.476. The Balaban J connectivity index is 2.68. The van der Waals surface area contributed by atoms with Crippen LogP contribution in [0.3, 0.4) is 0 Å². The van der Waals surface area contributed by atoms with Crippen molar-refractivity contribution >= 4 is 10.9 Å². The Labute approximate surface area is 95.5 Å². The molecule has 0 bridgehead atoms. The minimum Gasteiger partial charge on any atom is -0.508 e. The van der Waals surface area contributed by atoms with Crippen molar-refractivity contribution in [2.24, 2.45) is 5.73 Å². The van der Waals surface area contributed by atoms with Gasteiger partial charge >= 0.3 is 0 Å². The third kappa shape index (κ3) is 1.67. The first-order chi connectivity index (χ1) is 7.67. The van der Waals surface area contributed by atoms with Crippen molar-refractivity contribution < 1.29 is 5.11 Å². The van der Waals surface area contributed by atoms with Crippen LogP contribution in [0.2, 0.25) is 0 Å². The molecule has 0 saturated carbocycles. The SMILES string of the molecule is CCn1cc(C(C)CN)c2cc(O)ccc21. The van der Waals surface area contributed by atoms with E-state index < -0.39 is 0 Å². The fourth-order valence-corrected chi connectivity index (χ4v) is 2.09. The number of nitrogens with zero attached hydrogens (tertiary/aromatic N) is 1. The van der Waals surface area contributed by atoms with Crippen LogP contribution in [-0.2, 0) is 6.54 Å². The van der Waals surface area contributed by atoms with Gasteiger partial charge in [0.05, 0.1) is 0 Å². The average Bonchev–Trinajstić information content (AvgIpc) is 2.66. The van der Waals surface area contributed by atoms with Crippen LogP contribution in [0.5, 0.6) is 5.75 Å². The molecule has 2 rings (SSSR count). The van der Waals surface area contributed by atoms with E-state index in [4.69, 9.17) is 5.73 Å². The van der Waals surface area contributed by atoms with Crippen LogP contribution in [0.15, 0.2) is 24.4 Å². The van der Waals surface area contributed by atoms with Crippen LogP contribution in [0, 0.1) is 0 Å². The number of aromatic hydroxyl groups is 1. The maximum atomic E-state index is 9.55. The van der Waals surface area contributed by atoms with Gasteiger partial charge < -0.3 is 15.4 Å². The predicted octanol–water partition coefficient (Wildman–Crippen LogP) is 2.43. The smallest absolute Gasteiger partial charge is 0.116 e. The quantitative estimate of drug-likeness (QED) is 0.831. The Kier molecular flexibility index (Phi) is 2.88. The Morgan fingerprint density at radius 2 is 2.19 bits per heavy atom. The topological polar surface area (TPSA) is 51.2 Å². The summed E-state index contributed by atoms with van der Waals surface area (Å²) in [5.41, 5.74) is 8.09. The number of rotatable bonds is 3. The Hall–Kier alpha value is -1.48. The Morgan fingerprint density at radius 3 is 2.81 bits per heavy atom. The number of hydrogen-bond donors (Lipinski definition) is 2. The number of benzene rings is 1. The summed E-state index contributed by atoms with van der Waals surface area (Å²) in [6, 6.07) is 5.51. The summed E-state index contributed by atoms with van der Waals surface area (Å²) in [4.78, 5) is 0. The molecule has 86 valence electrons. The van der Waals surface area contributed by atoms with Gasteiger partial charge in [-0.25, -0.2) is 0 Å². The summed E-state index contributed by atoms with van der Waals surface area (Å²) in [6.45, 7) is 5.78. The van der Waals surface area contributed by atoms with Crippen LogP contribution in [-0.4, -0.2) is 16.2 Å². The molecule has 1 atom stereocenters. The van der Waals surface area contributed by atoms with E-state index in [1.807, 2.05) is 12.1 Å². The number of hydrogen-bond acceptors (Lipinski definition) is 2. The molecule has 1 aromatic heterocycles. The molecule has 3 nitrogen and oxygen atoms in total. The van der Waals surface area contributed by atoms with Gasteiger partial charge in [-0.15, -0.1) is 0 Å². The summed E-state index contributed by atoms with van der Waals surface area (Å²) in [5, 5.41) is 10.7. The highest BCUT2D eigenvalue weighted by atomic mass is 16.3. The van der Waals surface area contributed by atoms with Crippen molar-refractivity contribution in [2.45, 2.75) is 26.3 Å². The number of phenolic OH excluding ortho intramolecular Hbond substituents is 1. The van der Waals surface area contributed by atoms with E-state index in [1.54, 1.807) is 6.07 Å². The largest absolute Gasteiger partial charge is 0.508 e. The molecular weight excluding hydrogens is 200 g/mol. The normalized spacial score (nSPS) is 13.2. The summed E-state index contributed by atoms with van der Waals surface area (Å²) in [6.07, 6.45) is 2.14. The molecule has 2 aromatic rings. The van der Waals surface area contributed by atoms with Crippen molar-refractivity contribution in [3.63, 3.8) is 0 Å². The molecule has 0 amide bonds. The maximum Gasteiger partial charge on any atom is 0.116 e. The average molecular weight is 218 g/mol. The van der Waals surface area contributed by atoms with Crippen LogP contribution >= 0.6 is 0 Å². The van der Waals surface area contributed by atoms with Crippen molar-refractivity contribution in [1.82, 2.24) is 4.57 Å². The minimum absolute atomic E-state index is 0.312. The van der Waals surface area contributed by atoms with Crippen molar-refractivity contribution in [2.75, 3.05) is 6.54 Å². The monoisotopic (exact) mass is 218 g/mol. The number of aryl methyl sites for hydroxylation is 1. The van der Waals surface area contributed by atoms with E-state index in [0.29, 0.717) is 18.2 Å². The van der Waals surface area contributed by atoms with Crippen molar-refractivity contribution in [3.05, 3.63) is 30.0 Å². The highest BCUT2D eigenvalue weighted by Gasteiger charge is 2.12. The molecule has 0 saturated heterocycles. The van der Waals surface area contributed by atoms with E-state index in [1.165, 1.54) is 5.56 Å². The minimum atomic E-state index is 0.312. The van der Waals surface area contributed by atoms with Gasteiger partial charge in [0.15, 0.2) is 0 Å². The van der Waals surface area contributed by atoms with Crippen LogP contribution < -0.4 is 5.73 Å². The third-order valence-electron chi connectivity index (χ3n) is 3.12. The molecule has 16 heavy (non-hydrogen) atoms. The van der Waals surface area contributed by atoms with Crippen molar-refractivity contribution in [1.29, 1.82) is 0 Å². The van der Waals surface area contributed by atoms with E-state index in [0.717, 1.165) is 17.4 Å². The zero-order chi connectivity index (χ0) is 11.7. The van der Waals surface area contributed by atoms with Crippen LogP contribution in [0.4, 0.5) is 0 Å². The van der Waals surface area contributed by atoms with Crippen LogP contribution in [0.25, 0.3) is 10.9 Å². The molecular formula is C13H18N2O. The van der Waals surface area contributed by atoms with E-state index in [-0.39, 0.29) is 0 Å². The molecule has 1 aromatic carbocycles. The van der Waals surface area contributed by atoms with Gasteiger partial charge in [-0.1, -0.05) is 6.92 Å². The van der Waals surface area contributed by atoms with Gasteiger partial charge in [0.2, 0.25) is 0 Å². The fourth-order valence-electron chi connectivity index (χ4n) is 2.09. The zero-order valence-electron chi connectivity index (χ0n) is 9.77. The van der Waals surface area contributed by atoms with Gasteiger partial charge in [-0.05, 0) is 43.1 Å². The number of aromatic nitrogens is 1. The standard InChI is InChI=1S/C13H18N2O/c1-3-15-8-12(9(2)7-14)11-6-10(16)4-5-13(11)15/h4-6,8-9,16H,3,7,14H2,1-2H3.